The lowest BCUT2D eigenvalue weighted by Gasteiger charge is -2.44. The van der Waals surface area contributed by atoms with Crippen molar-refractivity contribution in [2.24, 2.45) is 5.73 Å². The molecule has 148 valence electrons. The lowest BCUT2D eigenvalue weighted by molar-refractivity contribution is -0.151. The first-order chi connectivity index (χ1) is 13.4. The molecule has 2 amide bonds. The average Bonchev–Trinajstić information content (AvgIpc) is 3.26. The fourth-order valence-electron chi connectivity index (χ4n) is 3.98. The van der Waals surface area contributed by atoms with E-state index in [1.54, 1.807) is 16.7 Å². The van der Waals surface area contributed by atoms with Crippen molar-refractivity contribution in [3.63, 3.8) is 0 Å². The van der Waals surface area contributed by atoms with Gasteiger partial charge < -0.3 is 16.0 Å². The molecular weight excluding hydrogens is 378 g/mol. The Morgan fingerprint density at radius 2 is 2.11 bits per heavy atom. The van der Waals surface area contributed by atoms with E-state index in [-0.39, 0.29) is 34.4 Å². The second kappa shape index (κ2) is 7.17. The summed E-state index contributed by atoms with van der Waals surface area (Å²) in [7, 11) is 0. The number of fused-ring (bicyclic) bond motifs is 1. The summed E-state index contributed by atoms with van der Waals surface area (Å²) in [6.07, 6.45) is 0.952. The van der Waals surface area contributed by atoms with Crippen molar-refractivity contribution in [2.45, 2.75) is 48.9 Å². The number of hydrogen-bond donors (Lipinski definition) is 3. The molecule has 0 saturated carbocycles. The third kappa shape index (κ3) is 3.16. The molecule has 0 aliphatic carbocycles. The Balaban J connectivity index is 1.45. The minimum absolute atomic E-state index is 0.110. The molecule has 4 rings (SSSR count). The molecule has 0 radical (unpaired) electrons. The molecule has 2 aliphatic heterocycles. The van der Waals surface area contributed by atoms with Crippen LogP contribution < -0.4 is 11.1 Å². The number of nitrogens with zero attached hydrogens (tertiary/aromatic N) is 4. The maximum absolute atomic E-state index is 12.8. The first-order valence-electron chi connectivity index (χ1n) is 9.22. The van der Waals surface area contributed by atoms with Gasteiger partial charge >= 0.3 is 0 Å². The van der Waals surface area contributed by atoms with Crippen LogP contribution in [0.4, 0.5) is 0 Å². The number of amides is 2. The molecule has 9 nitrogen and oxygen atoms in total. The molecule has 28 heavy (non-hydrogen) atoms. The zero-order valence-corrected chi connectivity index (χ0v) is 16.6. The minimum atomic E-state index is -0.532. The molecule has 3 heterocycles. The summed E-state index contributed by atoms with van der Waals surface area (Å²) in [5.41, 5.74) is 7.66. The van der Waals surface area contributed by atoms with Crippen LogP contribution >= 0.6 is 11.8 Å². The summed E-state index contributed by atoms with van der Waals surface area (Å²) in [4.78, 5) is 27.2. The van der Waals surface area contributed by atoms with Crippen LogP contribution in [0.1, 0.15) is 36.8 Å². The van der Waals surface area contributed by atoms with Crippen LogP contribution in [0, 0.1) is 0 Å². The first-order valence-corrected chi connectivity index (χ1v) is 10.1. The van der Waals surface area contributed by atoms with Crippen LogP contribution in [0.25, 0.3) is 0 Å². The number of nitrogens with one attached hydrogen (secondary N) is 2. The van der Waals surface area contributed by atoms with Gasteiger partial charge in [-0.3, -0.25) is 9.59 Å². The minimum Gasteiger partial charge on any atom is -0.341 e. The molecule has 2 fully saturated rings. The number of rotatable bonds is 6. The van der Waals surface area contributed by atoms with Crippen LogP contribution in [-0.4, -0.2) is 60.0 Å². The molecule has 0 bridgehead atoms. The van der Waals surface area contributed by atoms with Crippen molar-refractivity contribution < 1.29 is 9.59 Å². The highest BCUT2D eigenvalue weighted by molar-refractivity contribution is 8.01. The smallest absolute Gasteiger partial charge is 0.249 e. The van der Waals surface area contributed by atoms with E-state index >= 15 is 0 Å². The molecule has 0 spiro atoms. The van der Waals surface area contributed by atoms with E-state index in [4.69, 9.17) is 5.73 Å². The van der Waals surface area contributed by atoms with Crippen molar-refractivity contribution in [3.05, 3.63) is 41.2 Å². The van der Waals surface area contributed by atoms with Gasteiger partial charge in [0.1, 0.15) is 17.5 Å². The zero-order valence-electron chi connectivity index (χ0n) is 15.8. The third-order valence-corrected chi connectivity index (χ3v) is 6.82. The summed E-state index contributed by atoms with van der Waals surface area (Å²) < 4.78 is -0.280. The van der Waals surface area contributed by atoms with Crippen LogP contribution in [-0.2, 0) is 22.4 Å². The van der Waals surface area contributed by atoms with Crippen LogP contribution in [0.3, 0.4) is 0 Å². The number of aromatic nitrogens is 4. The number of H-pyrrole nitrogens is 1. The van der Waals surface area contributed by atoms with E-state index in [9.17, 15) is 9.59 Å². The SMILES string of the molecule is CC1(C)S[C@H]2C(NC(=O)Cc3ccccc3CCN)C(=O)N2C1c1nn[nH]n1. The molecule has 2 saturated heterocycles. The van der Waals surface area contributed by atoms with Gasteiger partial charge in [-0.2, -0.15) is 5.21 Å². The Kier molecular flexibility index (Phi) is 4.84. The van der Waals surface area contributed by atoms with Gasteiger partial charge in [0.2, 0.25) is 11.8 Å². The number of carbonyl (C=O) groups excluding carboxylic acids is 2. The van der Waals surface area contributed by atoms with Crippen molar-refractivity contribution in [1.82, 2.24) is 30.8 Å². The number of hydrogen-bond acceptors (Lipinski definition) is 7. The largest absolute Gasteiger partial charge is 0.341 e. The van der Waals surface area contributed by atoms with Crippen LogP contribution in [0.2, 0.25) is 0 Å². The highest BCUT2D eigenvalue weighted by atomic mass is 32.2. The fourth-order valence-corrected chi connectivity index (χ4v) is 5.61. The molecular formula is C18H23N7O2S. The number of β-lactam (4-membered cyclic amide) rings is 1. The lowest BCUT2D eigenvalue weighted by atomic mass is 9.95. The predicted molar refractivity (Wildman–Crippen MR) is 104 cm³/mol. The summed E-state index contributed by atoms with van der Waals surface area (Å²) in [6.45, 7) is 4.62. The molecule has 3 atom stereocenters. The van der Waals surface area contributed by atoms with Gasteiger partial charge in [-0.05, 0) is 37.9 Å². The number of benzene rings is 1. The Morgan fingerprint density at radius 3 is 2.79 bits per heavy atom. The second-order valence-electron chi connectivity index (χ2n) is 7.56. The highest BCUT2D eigenvalue weighted by Crippen LogP contribution is 2.56. The Morgan fingerprint density at radius 1 is 1.36 bits per heavy atom. The highest BCUT2D eigenvalue weighted by Gasteiger charge is 2.63. The van der Waals surface area contributed by atoms with Crippen molar-refractivity contribution in [3.8, 4) is 0 Å². The van der Waals surface area contributed by atoms with Gasteiger partial charge in [0.05, 0.1) is 6.42 Å². The topological polar surface area (TPSA) is 130 Å². The maximum Gasteiger partial charge on any atom is 0.249 e. The maximum atomic E-state index is 12.8. The fraction of sp³-hybridized carbons (Fsp3) is 0.500. The molecule has 10 heteroatoms. The number of nitrogens with two attached hydrogens (primary N) is 1. The van der Waals surface area contributed by atoms with E-state index in [2.05, 4.69) is 25.9 Å². The second-order valence-corrected chi connectivity index (χ2v) is 9.33. The summed E-state index contributed by atoms with van der Waals surface area (Å²) in [5.74, 6) is 0.221. The van der Waals surface area contributed by atoms with Gasteiger partial charge in [-0.25, -0.2) is 0 Å². The zero-order chi connectivity index (χ0) is 19.9. The Labute approximate surface area is 166 Å². The van der Waals surface area contributed by atoms with E-state index in [1.165, 1.54) is 0 Å². The number of aromatic amines is 1. The van der Waals surface area contributed by atoms with Gasteiger partial charge in [0, 0.05) is 4.75 Å². The summed E-state index contributed by atoms with van der Waals surface area (Å²) in [5, 5.41) is 17.0. The lowest BCUT2D eigenvalue weighted by Crippen LogP contribution is -2.68. The van der Waals surface area contributed by atoms with E-state index < -0.39 is 6.04 Å². The van der Waals surface area contributed by atoms with Crippen LogP contribution in [0.5, 0.6) is 0 Å². The normalized spacial score (nSPS) is 25.3. The molecule has 2 aliphatic rings. The molecule has 1 aromatic carbocycles. The number of thioether (sulfide) groups is 1. The molecule has 2 unspecified atom stereocenters. The summed E-state index contributed by atoms with van der Waals surface area (Å²) >= 11 is 1.65. The van der Waals surface area contributed by atoms with Gasteiger partial charge in [-0.15, -0.1) is 22.0 Å². The van der Waals surface area contributed by atoms with E-state index in [0.717, 1.165) is 17.5 Å². The molecule has 2 aromatic rings. The first kappa shape index (κ1) is 18.9. The summed E-state index contributed by atoms with van der Waals surface area (Å²) in [6, 6.07) is 6.96. The number of tetrazole rings is 1. The van der Waals surface area contributed by atoms with Crippen molar-refractivity contribution in [1.29, 1.82) is 0 Å². The van der Waals surface area contributed by atoms with Crippen molar-refractivity contribution in [2.75, 3.05) is 6.54 Å². The van der Waals surface area contributed by atoms with Gasteiger partial charge in [0.25, 0.3) is 0 Å². The molecule has 1 aromatic heterocycles. The van der Waals surface area contributed by atoms with Gasteiger partial charge in [-0.1, -0.05) is 29.5 Å². The van der Waals surface area contributed by atoms with E-state index in [0.29, 0.717) is 12.4 Å². The van der Waals surface area contributed by atoms with Crippen LogP contribution in [0.15, 0.2) is 24.3 Å². The Bertz CT molecular complexity index is 886. The van der Waals surface area contributed by atoms with Gasteiger partial charge in [0.15, 0.2) is 5.82 Å². The third-order valence-electron chi connectivity index (χ3n) is 5.25. The van der Waals surface area contributed by atoms with Crippen molar-refractivity contribution >= 4 is 23.6 Å². The molecule has 4 N–H and O–H groups in total. The monoisotopic (exact) mass is 401 g/mol. The number of carbonyl (C=O) groups is 2. The Hall–Kier alpha value is -2.46. The average molecular weight is 401 g/mol. The quantitative estimate of drug-likeness (QED) is 0.588. The predicted octanol–water partition coefficient (Wildman–Crippen LogP) is 0.163. The van der Waals surface area contributed by atoms with E-state index in [1.807, 2.05) is 38.1 Å². The standard InChI is InChI=1S/C18H23N7O2S/c1-18(2)14(15-21-23-24-22-15)25-16(27)13(17(25)28-18)20-12(26)9-11-6-4-3-5-10(11)7-8-19/h3-6,13-14,17H,7-9,19H2,1-2H3,(H,20,26)(H,21,22,23,24)/t13?,14?,17-/m0/s1.